The van der Waals surface area contributed by atoms with Gasteiger partial charge in [0.05, 0.1) is 0 Å². The van der Waals surface area contributed by atoms with E-state index < -0.39 is 17.2 Å². The van der Waals surface area contributed by atoms with Crippen molar-refractivity contribution in [2.24, 2.45) is 5.92 Å². The lowest BCUT2D eigenvalue weighted by atomic mass is 10.0. The number of rotatable bonds is 7. The van der Waals surface area contributed by atoms with Crippen LogP contribution >= 0.6 is 0 Å². The summed E-state index contributed by atoms with van der Waals surface area (Å²) in [6.45, 7) is 12.2. The molecule has 2 aromatic carbocycles. The van der Waals surface area contributed by atoms with Gasteiger partial charge in [0.2, 0.25) is 0 Å². The second-order valence-electron chi connectivity index (χ2n) is 8.94. The Hall–Kier alpha value is -1.85. The first-order valence-corrected chi connectivity index (χ1v) is 15.3. The first-order valence-electron chi connectivity index (χ1n) is 10.2. The summed E-state index contributed by atoms with van der Waals surface area (Å²) in [5.41, 5.74) is 3.17. The van der Waals surface area contributed by atoms with E-state index in [9.17, 15) is 0 Å². The standard InChI is InChI=1S/C24H33NSi2/c1-20(2)19-21-13-12-18-24(21)25(27(3,4)5)26(22-14-8-6-9-15-22)23-16-10-7-11-17-23/h6-17,20,26H,18-19H2,1-5H3. The fourth-order valence-corrected chi connectivity index (χ4v) is 11.9. The Balaban J connectivity index is 2.16. The number of allylic oxidation sites excluding steroid dienone is 3. The monoisotopic (exact) mass is 391 g/mol. The highest BCUT2D eigenvalue weighted by atomic mass is 28.4. The minimum atomic E-state index is -1.58. The molecule has 0 spiro atoms. The molecule has 0 unspecified atom stereocenters. The number of hydrogen-bond donors (Lipinski definition) is 0. The first-order chi connectivity index (χ1) is 12.9. The quantitative estimate of drug-likeness (QED) is 0.605. The van der Waals surface area contributed by atoms with Gasteiger partial charge in [0.1, 0.15) is 8.24 Å². The molecule has 142 valence electrons. The molecule has 0 heterocycles. The summed E-state index contributed by atoms with van der Waals surface area (Å²) in [6, 6.07) is 22.5. The highest BCUT2D eigenvalue weighted by Gasteiger charge is 2.36. The molecule has 0 aliphatic heterocycles. The van der Waals surface area contributed by atoms with Crippen molar-refractivity contribution in [3.05, 3.63) is 84.1 Å². The summed E-state index contributed by atoms with van der Waals surface area (Å²) in [6.07, 6.45) is 7.04. The topological polar surface area (TPSA) is 3.24 Å². The van der Waals surface area contributed by atoms with Crippen LogP contribution in [0.1, 0.15) is 26.7 Å². The van der Waals surface area contributed by atoms with E-state index in [-0.39, 0.29) is 0 Å². The predicted octanol–water partition coefficient (Wildman–Crippen LogP) is 4.92. The van der Waals surface area contributed by atoms with E-state index in [1.54, 1.807) is 11.3 Å². The molecule has 0 fully saturated rings. The second-order valence-corrected chi connectivity index (χ2v) is 16.9. The Labute approximate surface area is 168 Å². The van der Waals surface area contributed by atoms with Gasteiger partial charge in [0.15, 0.2) is 8.96 Å². The minimum Gasteiger partial charge on any atom is -0.423 e. The lowest BCUT2D eigenvalue weighted by Gasteiger charge is -2.44. The molecule has 0 N–H and O–H groups in total. The van der Waals surface area contributed by atoms with Crippen molar-refractivity contribution in [3.63, 3.8) is 0 Å². The van der Waals surface area contributed by atoms with Crippen molar-refractivity contribution in [3.8, 4) is 0 Å². The third kappa shape index (κ3) is 4.71. The Morgan fingerprint density at radius 1 is 0.889 bits per heavy atom. The average Bonchev–Trinajstić information content (AvgIpc) is 3.06. The summed E-state index contributed by atoms with van der Waals surface area (Å²) in [7, 11) is -3.11. The molecular formula is C24H33NSi2. The molecule has 3 heteroatoms. The lowest BCUT2D eigenvalue weighted by Crippen LogP contribution is -2.64. The molecule has 0 bridgehead atoms. The molecule has 1 aliphatic rings. The van der Waals surface area contributed by atoms with E-state index in [4.69, 9.17) is 0 Å². The lowest BCUT2D eigenvalue weighted by molar-refractivity contribution is 0.633. The minimum absolute atomic E-state index is 0.690. The Bertz CT molecular complexity index is 762. The zero-order valence-electron chi connectivity index (χ0n) is 17.4. The third-order valence-electron chi connectivity index (χ3n) is 5.13. The van der Waals surface area contributed by atoms with Gasteiger partial charge >= 0.3 is 0 Å². The SMILES string of the molecule is CC(C)CC1=C(N([SiH](c2ccccc2)c2ccccc2)[Si](C)(C)C)CC=C1. The Kier molecular flexibility index (Phi) is 6.23. The van der Waals surface area contributed by atoms with Crippen LogP contribution in [-0.2, 0) is 0 Å². The van der Waals surface area contributed by atoms with Crippen LogP contribution in [0.2, 0.25) is 19.6 Å². The fraction of sp³-hybridized carbons (Fsp3) is 0.333. The molecule has 0 amide bonds. The second kappa shape index (κ2) is 8.45. The van der Waals surface area contributed by atoms with Gasteiger partial charge in [0.25, 0.3) is 0 Å². The predicted molar refractivity (Wildman–Crippen MR) is 125 cm³/mol. The van der Waals surface area contributed by atoms with Gasteiger partial charge < -0.3 is 4.23 Å². The van der Waals surface area contributed by atoms with E-state index in [1.165, 1.54) is 16.8 Å². The summed E-state index contributed by atoms with van der Waals surface area (Å²) < 4.78 is 2.94. The van der Waals surface area contributed by atoms with Gasteiger partial charge in [-0.15, -0.1) is 0 Å². The molecule has 1 aliphatic carbocycles. The highest BCUT2D eigenvalue weighted by Crippen LogP contribution is 2.32. The van der Waals surface area contributed by atoms with Crippen molar-refractivity contribution < 1.29 is 0 Å². The van der Waals surface area contributed by atoms with Gasteiger partial charge in [-0.25, -0.2) is 0 Å². The zero-order valence-corrected chi connectivity index (χ0v) is 19.6. The molecule has 0 saturated carbocycles. The van der Waals surface area contributed by atoms with Crippen molar-refractivity contribution >= 4 is 27.6 Å². The van der Waals surface area contributed by atoms with Crippen LogP contribution < -0.4 is 10.4 Å². The van der Waals surface area contributed by atoms with Crippen LogP contribution in [0.3, 0.4) is 0 Å². The maximum atomic E-state index is 2.94. The summed E-state index contributed by atoms with van der Waals surface area (Å²) >= 11 is 0. The highest BCUT2D eigenvalue weighted by molar-refractivity contribution is 6.94. The third-order valence-corrected chi connectivity index (χ3v) is 12.8. The summed E-state index contributed by atoms with van der Waals surface area (Å²) in [5.74, 6) is 0.690. The van der Waals surface area contributed by atoms with Gasteiger partial charge in [0, 0.05) is 12.1 Å². The maximum Gasteiger partial charge on any atom is 0.195 e. The van der Waals surface area contributed by atoms with E-state index in [2.05, 4.69) is 111 Å². The Morgan fingerprint density at radius 2 is 1.41 bits per heavy atom. The van der Waals surface area contributed by atoms with Crippen LogP contribution in [0.5, 0.6) is 0 Å². The zero-order chi connectivity index (χ0) is 19.4. The van der Waals surface area contributed by atoms with Crippen molar-refractivity contribution in [1.29, 1.82) is 0 Å². The molecular weight excluding hydrogens is 358 g/mol. The van der Waals surface area contributed by atoms with Gasteiger partial charge in [-0.05, 0) is 28.3 Å². The molecule has 2 aromatic rings. The Morgan fingerprint density at radius 3 is 1.85 bits per heavy atom. The van der Waals surface area contributed by atoms with E-state index in [0.717, 1.165) is 6.42 Å². The molecule has 0 radical (unpaired) electrons. The largest absolute Gasteiger partial charge is 0.423 e. The van der Waals surface area contributed by atoms with Gasteiger partial charge in [-0.2, -0.15) is 0 Å². The van der Waals surface area contributed by atoms with Crippen molar-refractivity contribution in [2.45, 2.75) is 46.3 Å². The van der Waals surface area contributed by atoms with E-state index >= 15 is 0 Å². The summed E-state index contributed by atoms with van der Waals surface area (Å²) in [4.78, 5) is 0. The normalized spacial score (nSPS) is 14.5. The van der Waals surface area contributed by atoms with Crippen LogP contribution in [0.15, 0.2) is 84.1 Å². The fourth-order valence-electron chi connectivity index (χ4n) is 4.13. The maximum absolute atomic E-state index is 2.94. The van der Waals surface area contributed by atoms with Crippen LogP contribution in [0.25, 0.3) is 0 Å². The molecule has 1 nitrogen and oxygen atoms in total. The van der Waals surface area contributed by atoms with Crippen molar-refractivity contribution in [1.82, 2.24) is 4.23 Å². The molecule has 0 atom stereocenters. The first kappa shape index (κ1) is 19.9. The number of nitrogens with zero attached hydrogens (tertiary/aromatic N) is 1. The summed E-state index contributed by atoms with van der Waals surface area (Å²) in [5, 5.41) is 3.05. The molecule has 0 saturated heterocycles. The van der Waals surface area contributed by atoms with E-state index in [0.29, 0.717) is 5.92 Å². The number of benzene rings is 2. The molecule has 3 rings (SSSR count). The van der Waals surface area contributed by atoms with E-state index in [1.807, 2.05) is 0 Å². The molecule has 27 heavy (non-hydrogen) atoms. The van der Waals surface area contributed by atoms with Crippen molar-refractivity contribution in [2.75, 3.05) is 0 Å². The molecule has 0 aromatic heterocycles. The van der Waals surface area contributed by atoms with Crippen LogP contribution in [0.4, 0.5) is 0 Å². The van der Waals surface area contributed by atoms with Gasteiger partial charge in [-0.1, -0.05) is 106 Å². The smallest absolute Gasteiger partial charge is 0.195 e. The van der Waals surface area contributed by atoms with Gasteiger partial charge in [-0.3, -0.25) is 0 Å². The van der Waals surface area contributed by atoms with Crippen LogP contribution in [0, 0.1) is 5.92 Å². The average molecular weight is 392 g/mol. The van der Waals surface area contributed by atoms with Crippen LogP contribution in [-0.4, -0.2) is 21.4 Å². The number of hydrogen-bond acceptors (Lipinski definition) is 1.